The Hall–Kier alpha value is -0.800. The third kappa shape index (κ3) is 1.72. The van der Waals surface area contributed by atoms with E-state index in [2.05, 4.69) is 25.3 Å². The Bertz CT molecular complexity index is 491. The molecule has 0 spiro atoms. The summed E-state index contributed by atoms with van der Waals surface area (Å²) < 4.78 is 5.70. The third-order valence-corrected chi connectivity index (χ3v) is 6.28. The smallest absolute Gasteiger partial charge is 0.122 e. The summed E-state index contributed by atoms with van der Waals surface area (Å²) in [5, 5.41) is 0. The molecular formula is C17H26N2O. The summed E-state index contributed by atoms with van der Waals surface area (Å²) in [5.74, 6) is 7.86. The first-order chi connectivity index (χ1) is 9.46. The van der Waals surface area contributed by atoms with E-state index >= 15 is 0 Å². The van der Waals surface area contributed by atoms with Gasteiger partial charge in [0.05, 0.1) is 12.3 Å². The molecule has 3 nitrogen and oxygen atoms in total. The van der Waals surface area contributed by atoms with E-state index in [1.165, 1.54) is 38.5 Å². The molecule has 1 heterocycles. The quantitative estimate of drug-likeness (QED) is 0.651. The molecule has 0 amide bonds. The van der Waals surface area contributed by atoms with Crippen LogP contribution in [0.4, 0.5) is 0 Å². The molecular weight excluding hydrogens is 248 g/mol. The highest BCUT2D eigenvalue weighted by Crippen LogP contribution is 2.72. The minimum absolute atomic E-state index is 0.166. The van der Waals surface area contributed by atoms with Crippen LogP contribution in [0.25, 0.3) is 0 Å². The van der Waals surface area contributed by atoms with Crippen LogP contribution in [-0.2, 0) is 0 Å². The number of nitrogens with two attached hydrogens (primary N) is 1. The number of nitrogens with one attached hydrogen (secondary N) is 1. The van der Waals surface area contributed by atoms with Crippen molar-refractivity contribution in [1.82, 2.24) is 5.43 Å². The van der Waals surface area contributed by atoms with Crippen LogP contribution in [0.5, 0.6) is 0 Å². The molecule has 4 aliphatic rings. The first-order valence-corrected chi connectivity index (χ1v) is 7.96. The average molecular weight is 274 g/mol. The molecule has 3 atom stereocenters. The number of rotatable bonds is 3. The van der Waals surface area contributed by atoms with Crippen LogP contribution in [0, 0.1) is 22.2 Å². The fourth-order valence-corrected chi connectivity index (χ4v) is 6.87. The molecule has 4 bridgehead atoms. The normalized spacial score (nSPS) is 47.6. The molecule has 1 aromatic rings. The Labute approximate surface area is 121 Å². The second kappa shape index (κ2) is 3.89. The molecule has 3 unspecified atom stereocenters. The monoisotopic (exact) mass is 274 g/mol. The Morgan fingerprint density at radius 1 is 1.20 bits per heavy atom. The third-order valence-electron chi connectivity index (χ3n) is 6.28. The second-order valence-electron chi connectivity index (χ2n) is 8.61. The molecule has 0 radical (unpaired) electrons. The van der Waals surface area contributed by atoms with Gasteiger partial charge in [-0.05, 0) is 72.8 Å². The lowest BCUT2D eigenvalue weighted by Gasteiger charge is -2.66. The second-order valence-corrected chi connectivity index (χ2v) is 8.61. The van der Waals surface area contributed by atoms with Gasteiger partial charge in [0, 0.05) is 0 Å². The van der Waals surface area contributed by atoms with Crippen molar-refractivity contribution in [3.8, 4) is 0 Å². The van der Waals surface area contributed by atoms with Gasteiger partial charge >= 0.3 is 0 Å². The number of furan rings is 1. The van der Waals surface area contributed by atoms with Gasteiger partial charge in [-0.2, -0.15) is 0 Å². The Balaban J connectivity index is 1.76. The standard InChI is InChI=1S/C17H26N2O/c1-15-6-12-7-16(2,9-15)11-17(8-12,10-15)14(19-18)13-4-3-5-20-13/h3-5,12,14,19H,6-11,18H2,1-2H3. The van der Waals surface area contributed by atoms with Crippen molar-refractivity contribution in [2.45, 2.75) is 58.4 Å². The summed E-state index contributed by atoms with van der Waals surface area (Å²) in [5.41, 5.74) is 4.41. The van der Waals surface area contributed by atoms with Crippen molar-refractivity contribution in [2.75, 3.05) is 0 Å². The van der Waals surface area contributed by atoms with Gasteiger partial charge in [-0.3, -0.25) is 5.84 Å². The highest BCUT2D eigenvalue weighted by atomic mass is 16.3. The van der Waals surface area contributed by atoms with E-state index in [-0.39, 0.29) is 11.5 Å². The van der Waals surface area contributed by atoms with Crippen LogP contribution in [0.2, 0.25) is 0 Å². The molecule has 4 aliphatic carbocycles. The van der Waals surface area contributed by atoms with Crippen molar-refractivity contribution in [1.29, 1.82) is 0 Å². The van der Waals surface area contributed by atoms with Crippen molar-refractivity contribution in [3.63, 3.8) is 0 Å². The molecule has 5 rings (SSSR count). The Kier molecular flexibility index (Phi) is 2.51. The van der Waals surface area contributed by atoms with Gasteiger partial charge in [-0.1, -0.05) is 13.8 Å². The van der Waals surface area contributed by atoms with Crippen LogP contribution in [0.15, 0.2) is 22.8 Å². The molecule has 0 saturated heterocycles. The van der Waals surface area contributed by atoms with Crippen molar-refractivity contribution in [2.24, 2.45) is 28.0 Å². The first kappa shape index (κ1) is 12.9. The molecule has 3 heteroatoms. The predicted octanol–water partition coefficient (Wildman–Crippen LogP) is 3.78. The van der Waals surface area contributed by atoms with Crippen LogP contribution < -0.4 is 11.3 Å². The summed E-state index contributed by atoms with van der Waals surface area (Å²) in [7, 11) is 0. The van der Waals surface area contributed by atoms with Gasteiger partial charge in [-0.15, -0.1) is 0 Å². The molecule has 4 fully saturated rings. The Morgan fingerprint density at radius 3 is 2.40 bits per heavy atom. The minimum atomic E-state index is 0.166. The molecule has 1 aromatic heterocycles. The van der Waals surface area contributed by atoms with Crippen molar-refractivity contribution in [3.05, 3.63) is 24.2 Å². The van der Waals surface area contributed by atoms with Gasteiger partial charge in [0.1, 0.15) is 5.76 Å². The van der Waals surface area contributed by atoms with E-state index in [4.69, 9.17) is 10.3 Å². The maximum atomic E-state index is 5.96. The first-order valence-electron chi connectivity index (χ1n) is 7.96. The predicted molar refractivity (Wildman–Crippen MR) is 78.6 cm³/mol. The van der Waals surface area contributed by atoms with E-state index in [0.29, 0.717) is 10.8 Å². The fourth-order valence-electron chi connectivity index (χ4n) is 6.87. The number of hydrogen-bond donors (Lipinski definition) is 2. The lowest BCUT2D eigenvalue weighted by molar-refractivity contribution is -0.160. The zero-order chi connectivity index (χ0) is 14.0. The van der Waals surface area contributed by atoms with E-state index in [1.54, 1.807) is 6.26 Å². The fraction of sp³-hybridized carbons (Fsp3) is 0.765. The molecule has 3 N–H and O–H groups in total. The molecule has 20 heavy (non-hydrogen) atoms. The summed E-state index contributed by atoms with van der Waals surface area (Å²) in [6, 6.07) is 4.22. The van der Waals surface area contributed by atoms with Gasteiger partial charge in [0.15, 0.2) is 0 Å². The zero-order valence-corrected chi connectivity index (χ0v) is 12.6. The summed E-state index contributed by atoms with van der Waals surface area (Å²) in [4.78, 5) is 0. The number of hydrogen-bond acceptors (Lipinski definition) is 3. The van der Waals surface area contributed by atoms with E-state index in [1.807, 2.05) is 6.07 Å². The highest BCUT2D eigenvalue weighted by molar-refractivity contribution is 5.18. The van der Waals surface area contributed by atoms with Gasteiger partial charge in [0.25, 0.3) is 0 Å². The highest BCUT2D eigenvalue weighted by Gasteiger charge is 2.62. The van der Waals surface area contributed by atoms with Crippen molar-refractivity contribution >= 4 is 0 Å². The van der Waals surface area contributed by atoms with Gasteiger partial charge in [-0.25, -0.2) is 5.43 Å². The van der Waals surface area contributed by atoms with Gasteiger partial charge in [0.2, 0.25) is 0 Å². The number of hydrazine groups is 1. The van der Waals surface area contributed by atoms with E-state index in [0.717, 1.165) is 11.7 Å². The van der Waals surface area contributed by atoms with Crippen LogP contribution >= 0.6 is 0 Å². The minimum Gasteiger partial charge on any atom is -0.468 e. The molecule has 110 valence electrons. The average Bonchev–Trinajstić information content (AvgIpc) is 2.77. The van der Waals surface area contributed by atoms with Crippen LogP contribution in [-0.4, -0.2) is 0 Å². The zero-order valence-electron chi connectivity index (χ0n) is 12.6. The Morgan fingerprint density at radius 2 is 1.90 bits per heavy atom. The van der Waals surface area contributed by atoms with E-state index in [9.17, 15) is 0 Å². The largest absolute Gasteiger partial charge is 0.468 e. The maximum absolute atomic E-state index is 5.96. The molecule has 0 aromatic carbocycles. The summed E-state index contributed by atoms with van der Waals surface area (Å²) >= 11 is 0. The maximum Gasteiger partial charge on any atom is 0.122 e. The lowest BCUT2D eigenvalue weighted by atomic mass is 9.39. The summed E-state index contributed by atoms with van der Waals surface area (Å²) in [6.07, 6.45) is 9.90. The lowest BCUT2D eigenvalue weighted by Crippen LogP contribution is -2.59. The van der Waals surface area contributed by atoms with Crippen molar-refractivity contribution < 1.29 is 4.42 Å². The van der Waals surface area contributed by atoms with E-state index < -0.39 is 0 Å². The molecule has 4 saturated carbocycles. The summed E-state index contributed by atoms with van der Waals surface area (Å²) in [6.45, 7) is 5.00. The van der Waals surface area contributed by atoms with Crippen LogP contribution in [0.3, 0.4) is 0 Å². The van der Waals surface area contributed by atoms with Gasteiger partial charge < -0.3 is 4.42 Å². The molecule has 0 aliphatic heterocycles. The van der Waals surface area contributed by atoms with Crippen LogP contribution in [0.1, 0.15) is 64.2 Å². The topological polar surface area (TPSA) is 51.2 Å². The SMILES string of the molecule is CC12CC3CC(C)(C1)CC(C(NN)c1ccco1)(C3)C2.